The first kappa shape index (κ1) is 14.5. The molecule has 0 radical (unpaired) electrons. The summed E-state index contributed by atoms with van der Waals surface area (Å²) in [6, 6.07) is 6.88. The molecule has 0 spiro atoms. The number of carbonyl (C=O) groups excluding carboxylic acids is 2. The van der Waals surface area contributed by atoms with Crippen LogP contribution in [0.15, 0.2) is 24.3 Å². The molecule has 5 nitrogen and oxygen atoms in total. The highest BCUT2D eigenvalue weighted by atomic mass is 35.5. The highest BCUT2D eigenvalue weighted by molar-refractivity contribution is 6.30. The van der Waals surface area contributed by atoms with Gasteiger partial charge in [-0.05, 0) is 17.7 Å². The van der Waals surface area contributed by atoms with E-state index in [0.717, 1.165) is 5.56 Å². The molecule has 2 amide bonds. The van der Waals surface area contributed by atoms with Gasteiger partial charge in [-0.15, -0.1) is 0 Å². The Balaban J connectivity index is 1.69. The second-order valence-electron chi connectivity index (χ2n) is 5.31. The lowest BCUT2D eigenvalue weighted by Gasteiger charge is -2.30. The van der Waals surface area contributed by atoms with Gasteiger partial charge >= 0.3 is 0 Å². The molecular weight excluding hydrogens is 292 g/mol. The molecule has 1 aromatic carbocycles. The average Bonchev–Trinajstić information content (AvgIpc) is 2.78. The lowest BCUT2D eigenvalue weighted by atomic mass is 10.2. The van der Waals surface area contributed by atoms with Crippen LogP contribution in [0.1, 0.15) is 12.0 Å². The highest BCUT2D eigenvalue weighted by Gasteiger charge is 2.41. The summed E-state index contributed by atoms with van der Waals surface area (Å²) >= 11 is 5.84. The molecule has 2 aliphatic heterocycles. The Kier molecular flexibility index (Phi) is 4.24. The molecule has 3 rings (SSSR count). The molecule has 0 saturated carbocycles. The number of hydrogen-bond donors (Lipinski definition) is 0. The fourth-order valence-corrected chi connectivity index (χ4v) is 2.90. The van der Waals surface area contributed by atoms with Crippen LogP contribution in [0.2, 0.25) is 5.02 Å². The monoisotopic (exact) mass is 308 g/mol. The maximum absolute atomic E-state index is 12.5. The van der Waals surface area contributed by atoms with Crippen molar-refractivity contribution in [1.29, 1.82) is 0 Å². The van der Waals surface area contributed by atoms with E-state index >= 15 is 0 Å². The summed E-state index contributed by atoms with van der Waals surface area (Å²) in [6.07, 6.45) is 0.270. The van der Waals surface area contributed by atoms with Gasteiger partial charge in [-0.25, -0.2) is 0 Å². The van der Waals surface area contributed by atoms with E-state index in [-0.39, 0.29) is 24.3 Å². The summed E-state index contributed by atoms with van der Waals surface area (Å²) in [4.78, 5) is 28.0. The van der Waals surface area contributed by atoms with Crippen molar-refractivity contribution in [2.75, 3.05) is 26.3 Å². The zero-order valence-electron chi connectivity index (χ0n) is 11.6. The smallest absolute Gasteiger partial charge is 0.247 e. The molecule has 2 fully saturated rings. The number of ether oxygens (including phenoxy) is 1. The fourth-order valence-electron chi connectivity index (χ4n) is 2.78. The van der Waals surface area contributed by atoms with Crippen LogP contribution in [-0.4, -0.2) is 54.0 Å². The van der Waals surface area contributed by atoms with Gasteiger partial charge in [-0.1, -0.05) is 23.7 Å². The van der Waals surface area contributed by atoms with Crippen LogP contribution in [0.25, 0.3) is 0 Å². The van der Waals surface area contributed by atoms with Crippen LogP contribution >= 0.6 is 11.6 Å². The second kappa shape index (κ2) is 6.13. The molecule has 21 heavy (non-hydrogen) atoms. The highest BCUT2D eigenvalue weighted by Crippen LogP contribution is 2.22. The summed E-state index contributed by atoms with van der Waals surface area (Å²) in [5.74, 6) is -0.205. The minimum atomic E-state index is -0.325. The molecule has 0 bridgehead atoms. The molecule has 2 saturated heterocycles. The van der Waals surface area contributed by atoms with Gasteiger partial charge in [0.15, 0.2) is 0 Å². The van der Waals surface area contributed by atoms with Gasteiger partial charge in [0, 0.05) is 18.1 Å². The SMILES string of the molecule is O=C1C[C@H](N2CCOCC2)C(=O)N1Cc1ccc(Cl)cc1. The number of nitrogens with zero attached hydrogens (tertiary/aromatic N) is 2. The number of rotatable bonds is 3. The van der Waals surface area contributed by atoms with Gasteiger partial charge in [0.05, 0.1) is 32.2 Å². The normalized spacial score (nSPS) is 23.9. The van der Waals surface area contributed by atoms with Gasteiger partial charge < -0.3 is 4.74 Å². The molecule has 6 heteroatoms. The molecule has 1 aromatic rings. The maximum atomic E-state index is 12.5. The number of halogens is 1. The van der Waals surface area contributed by atoms with Crippen LogP contribution < -0.4 is 0 Å². The first-order valence-corrected chi connectivity index (χ1v) is 7.43. The van der Waals surface area contributed by atoms with Crippen molar-refractivity contribution < 1.29 is 14.3 Å². The minimum absolute atomic E-state index is 0.100. The molecule has 0 aromatic heterocycles. The molecule has 0 unspecified atom stereocenters. The summed E-state index contributed by atoms with van der Waals surface area (Å²) < 4.78 is 5.29. The number of imide groups is 1. The Morgan fingerprint density at radius 2 is 1.81 bits per heavy atom. The predicted octanol–water partition coefficient (Wildman–Crippen LogP) is 1.30. The largest absolute Gasteiger partial charge is 0.379 e. The maximum Gasteiger partial charge on any atom is 0.247 e. The van der Waals surface area contributed by atoms with Crippen LogP contribution in [-0.2, 0) is 20.9 Å². The Morgan fingerprint density at radius 1 is 1.14 bits per heavy atom. The Morgan fingerprint density at radius 3 is 2.48 bits per heavy atom. The van der Waals surface area contributed by atoms with Crippen molar-refractivity contribution >= 4 is 23.4 Å². The minimum Gasteiger partial charge on any atom is -0.379 e. The topological polar surface area (TPSA) is 49.9 Å². The third-order valence-electron chi connectivity index (χ3n) is 3.96. The zero-order valence-corrected chi connectivity index (χ0v) is 12.4. The van der Waals surface area contributed by atoms with Gasteiger partial charge in [0.25, 0.3) is 0 Å². The molecule has 1 atom stereocenters. The standard InChI is InChI=1S/C15H17ClN2O3/c16-12-3-1-11(2-4-12)10-18-14(19)9-13(15(18)20)17-5-7-21-8-6-17/h1-4,13H,5-10H2/t13-/m0/s1. The second-order valence-corrected chi connectivity index (χ2v) is 5.75. The van der Waals surface area contributed by atoms with Crippen molar-refractivity contribution in [2.45, 2.75) is 19.0 Å². The van der Waals surface area contributed by atoms with Crippen molar-refractivity contribution in [2.24, 2.45) is 0 Å². The van der Waals surface area contributed by atoms with E-state index in [4.69, 9.17) is 16.3 Å². The Labute approximate surface area is 128 Å². The summed E-state index contributed by atoms with van der Waals surface area (Å²) in [7, 11) is 0. The first-order valence-electron chi connectivity index (χ1n) is 7.05. The third kappa shape index (κ3) is 3.10. The van der Waals surface area contributed by atoms with E-state index in [1.54, 1.807) is 12.1 Å². The van der Waals surface area contributed by atoms with Crippen LogP contribution in [0.4, 0.5) is 0 Å². The number of morpholine rings is 1. The fraction of sp³-hybridized carbons (Fsp3) is 0.467. The number of likely N-dealkylation sites (tertiary alicyclic amines) is 1. The average molecular weight is 309 g/mol. The Bertz CT molecular complexity index is 540. The van der Waals surface area contributed by atoms with Crippen molar-refractivity contribution in [3.05, 3.63) is 34.9 Å². The summed E-state index contributed by atoms with van der Waals surface area (Å²) in [6.45, 7) is 2.97. The van der Waals surface area contributed by atoms with Crippen LogP contribution in [0.5, 0.6) is 0 Å². The zero-order chi connectivity index (χ0) is 14.8. The Hall–Kier alpha value is -1.43. The van der Waals surface area contributed by atoms with Crippen LogP contribution in [0, 0.1) is 0 Å². The third-order valence-corrected chi connectivity index (χ3v) is 4.21. The molecule has 112 valence electrons. The van der Waals surface area contributed by atoms with Gasteiger partial charge in [-0.3, -0.25) is 19.4 Å². The van der Waals surface area contributed by atoms with Crippen LogP contribution in [0.3, 0.4) is 0 Å². The molecule has 0 aliphatic carbocycles. The molecule has 2 aliphatic rings. The lowest BCUT2D eigenvalue weighted by molar-refractivity contribution is -0.140. The number of benzene rings is 1. The molecule has 0 N–H and O–H groups in total. The van der Waals surface area contributed by atoms with E-state index in [0.29, 0.717) is 37.9 Å². The predicted molar refractivity (Wildman–Crippen MR) is 77.8 cm³/mol. The van der Waals surface area contributed by atoms with E-state index in [2.05, 4.69) is 0 Å². The molecular formula is C15H17ClN2O3. The lowest BCUT2D eigenvalue weighted by Crippen LogP contribution is -2.47. The van der Waals surface area contributed by atoms with E-state index in [1.165, 1.54) is 4.90 Å². The summed E-state index contributed by atoms with van der Waals surface area (Å²) in [5.41, 5.74) is 0.906. The van der Waals surface area contributed by atoms with E-state index < -0.39 is 0 Å². The quantitative estimate of drug-likeness (QED) is 0.790. The van der Waals surface area contributed by atoms with Gasteiger partial charge in [0.2, 0.25) is 11.8 Å². The first-order chi connectivity index (χ1) is 10.1. The van der Waals surface area contributed by atoms with Crippen molar-refractivity contribution in [1.82, 2.24) is 9.80 Å². The number of carbonyl (C=O) groups is 2. The molecule has 2 heterocycles. The van der Waals surface area contributed by atoms with Crippen molar-refractivity contribution in [3.8, 4) is 0 Å². The number of hydrogen-bond acceptors (Lipinski definition) is 4. The van der Waals surface area contributed by atoms with E-state index in [1.807, 2.05) is 17.0 Å². The number of amides is 2. The van der Waals surface area contributed by atoms with Crippen molar-refractivity contribution in [3.63, 3.8) is 0 Å². The van der Waals surface area contributed by atoms with Gasteiger partial charge in [0.1, 0.15) is 0 Å². The van der Waals surface area contributed by atoms with E-state index in [9.17, 15) is 9.59 Å². The summed E-state index contributed by atoms with van der Waals surface area (Å²) in [5, 5.41) is 0.643. The van der Waals surface area contributed by atoms with Gasteiger partial charge in [-0.2, -0.15) is 0 Å².